The number of ether oxygens (including phenoxy) is 2. The molecule has 2 heterocycles. The van der Waals surface area contributed by atoms with Gasteiger partial charge in [0.25, 0.3) is 5.91 Å². The van der Waals surface area contributed by atoms with Crippen LogP contribution in [-0.4, -0.2) is 31.6 Å². The largest absolute Gasteiger partial charge is 0.490 e. The molecular formula is C18H16N2O5. The van der Waals surface area contributed by atoms with E-state index in [2.05, 4.69) is 0 Å². The molecule has 0 unspecified atom stereocenters. The van der Waals surface area contributed by atoms with Gasteiger partial charge >= 0.3 is 5.97 Å². The molecule has 128 valence electrons. The summed E-state index contributed by atoms with van der Waals surface area (Å²) in [6.07, 6.45) is 0. The molecular weight excluding hydrogens is 324 g/mol. The fourth-order valence-electron chi connectivity index (χ4n) is 2.66. The number of carbonyl (C=O) groups is 2. The van der Waals surface area contributed by atoms with Crippen molar-refractivity contribution in [1.29, 1.82) is 5.26 Å². The number of benzene rings is 1. The van der Waals surface area contributed by atoms with Crippen LogP contribution in [0.2, 0.25) is 0 Å². The molecule has 3 rings (SSSR count). The number of aryl methyl sites for hydroxylation is 1. The molecule has 7 heteroatoms. The highest BCUT2D eigenvalue weighted by Gasteiger charge is 2.28. The molecule has 1 aliphatic rings. The van der Waals surface area contributed by atoms with Gasteiger partial charge in [0.15, 0.2) is 0 Å². The van der Waals surface area contributed by atoms with Crippen molar-refractivity contribution in [3.63, 3.8) is 0 Å². The van der Waals surface area contributed by atoms with Gasteiger partial charge in [-0.2, -0.15) is 5.26 Å². The Balaban J connectivity index is 1.98. The molecule has 1 aromatic heterocycles. The molecule has 1 aliphatic heterocycles. The second-order valence-corrected chi connectivity index (χ2v) is 5.40. The summed E-state index contributed by atoms with van der Waals surface area (Å²) in [5.41, 5.74) is 1.14. The number of amides is 1. The highest BCUT2D eigenvalue weighted by atomic mass is 16.5. The number of fused-ring (bicyclic) bond motifs is 1. The van der Waals surface area contributed by atoms with Gasteiger partial charge in [0.2, 0.25) is 5.76 Å². The van der Waals surface area contributed by atoms with Gasteiger partial charge in [-0.25, -0.2) is 4.79 Å². The summed E-state index contributed by atoms with van der Waals surface area (Å²) < 4.78 is 15.8. The molecule has 7 nitrogen and oxygen atoms in total. The third-order valence-corrected chi connectivity index (χ3v) is 3.84. The summed E-state index contributed by atoms with van der Waals surface area (Å²) in [6.45, 7) is 4.28. The summed E-state index contributed by atoms with van der Waals surface area (Å²) in [5.74, 6) is 0.183. The quantitative estimate of drug-likeness (QED) is 0.798. The van der Waals surface area contributed by atoms with Gasteiger partial charge in [-0.3, -0.25) is 4.79 Å². The molecule has 0 atom stereocenters. The first-order chi connectivity index (χ1) is 12.0. The minimum Gasteiger partial charge on any atom is -0.490 e. The Morgan fingerprint density at radius 2 is 2.16 bits per heavy atom. The lowest BCUT2D eigenvalue weighted by Gasteiger charge is -2.29. The second kappa shape index (κ2) is 6.69. The monoisotopic (exact) mass is 340 g/mol. The van der Waals surface area contributed by atoms with Crippen LogP contribution in [0.4, 0.5) is 5.69 Å². The summed E-state index contributed by atoms with van der Waals surface area (Å²) in [5, 5.41) is 8.93. The predicted molar refractivity (Wildman–Crippen MR) is 87.7 cm³/mol. The first-order valence-corrected chi connectivity index (χ1v) is 7.81. The zero-order valence-electron chi connectivity index (χ0n) is 13.9. The Hall–Kier alpha value is -3.27. The Morgan fingerprint density at radius 1 is 1.36 bits per heavy atom. The average Bonchev–Trinajstić information content (AvgIpc) is 3.01. The SMILES string of the molecule is CCOC(=O)c1ccc2c(c1)N(C(=O)c1cc(C#N)oc1C)CCO2. The number of nitriles is 1. The van der Waals surface area contributed by atoms with Gasteiger partial charge in [0, 0.05) is 6.07 Å². The molecule has 0 aliphatic carbocycles. The Bertz CT molecular complexity index is 878. The number of hydrogen-bond acceptors (Lipinski definition) is 6. The molecule has 0 spiro atoms. The number of esters is 1. The molecule has 0 fully saturated rings. The van der Waals surface area contributed by atoms with Crippen LogP contribution >= 0.6 is 0 Å². The first kappa shape index (κ1) is 16.6. The maximum atomic E-state index is 12.9. The average molecular weight is 340 g/mol. The maximum Gasteiger partial charge on any atom is 0.338 e. The Labute approximate surface area is 144 Å². The van der Waals surface area contributed by atoms with Crippen molar-refractivity contribution < 1.29 is 23.5 Å². The van der Waals surface area contributed by atoms with Crippen LogP contribution in [0.5, 0.6) is 5.75 Å². The number of rotatable bonds is 3. The zero-order valence-corrected chi connectivity index (χ0v) is 13.9. The highest BCUT2D eigenvalue weighted by molar-refractivity contribution is 6.08. The molecule has 0 saturated carbocycles. The lowest BCUT2D eigenvalue weighted by molar-refractivity contribution is 0.0526. The van der Waals surface area contributed by atoms with Gasteiger partial charge in [0.1, 0.15) is 24.2 Å². The highest BCUT2D eigenvalue weighted by Crippen LogP contribution is 2.34. The van der Waals surface area contributed by atoms with Crippen molar-refractivity contribution in [2.24, 2.45) is 0 Å². The van der Waals surface area contributed by atoms with Gasteiger partial charge < -0.3 is 18.8 Å². The van der Waals surface area contributed by atoms with E-state index in [0.29, 0.717) is 41.5 Å². The van der Waals surface area contributed by atoms with E-state index in [1.54, 1.807) is 32.0 Å². The van der Waals surface area contributed by atoms with Crippen LogP contribution in [-0.2, 0) is 4.74 Å². The number of anilines is 1. The number of nitrogens with zero attached hydrogens (tertiary/aromatic N) is 2. The summed E-state index contributed by atoms with van der Waals surface area (Å²) in [4.78, 5) is 26.4. The maximum absolute atomic E-state index is 12.9. The van der Waals surface area contributed by atoms with Crippen molar-refractivity contribution >= 4 is 17.6 Å². The van der Waals surface area contributed by atoms with Crippen LogP contribution < -0.4 is 9.64 Å². The van der Waals surface area contributed by atoms with Gasteiger partial charge in [-0.15, -0.1) is 0 Å². The zero-order chi connectivity index (χ0) is 18.0. The molecule has 0 radical (unpaired) electrons. The third kappa shape index (κ3) is 3.06. The van der Waals surface area contributed by atoms with Crippen molar-refractivity contribution in [3.05, 3.63) is 46.9 Å². The number of carbonyl (C=O) groups excluding carboxylic acids is 2. The molecule has 2 aromatic rings. The van der Waals surface area contributed by atoms with E-state index in [1.165, 1.54) is 11.0 Å². The molecule has 0 bridgehead atoms. The lowest BCUT2D eigenvalue weighted by Crippen LogP contribution is -2.38. The van der Waals surface area contributed by atoms with E-state index in [-0.39, 0.29) is 18.3 Å². The van der Waals surface area contributed by atoms with Crippen molar-refractivity contribution in [2.45, 2.75) is 13.8 Å². The smallest absolute Gasteiger partial charge is 0.338 e. The second-order valence-electron chi connectivity index (χ2n) is 5.40. The van der Waals surface area contributed by atoms with Crippen LogP contribution in [0.1, 0.15) is 39.2 Å². The van der Waals surface area contributed by atoms with E-state index in [4.69, 9.17) is 19.2 Å². The van der Waals surface area contributed by atoms with E-state index >= 15 is 0 Å². The number of hydrogen-bond donors (Lipinski definition) is 0. The van der Waals surface area contributed by atoms with E-state index < -0.39 is 5.97 Å². The van der Waals surface area contributed by atoms with Crippen molar-refractivity contribution in [3.8, 4) is 11.8 Å². The summed E-state index contributed by atoms with van der Waals surface area (Å²) in [6, 6.07) is 8.11. The van der Waals surface area contributed by atoms with E-state index in [1.807, 2.05) is 6.07 Å². The molecule has 0 saturated heterocycles. The fourth-order valence-corrected chi connectivity index (χ4v) is 2.66. The van der Waals surface area contributed by atoms with Crippen LogP contribution in [0.15, 0.2) is 28.7 Å². The Morgan fingerprint density at radius 3 is 2.84 bits per heavy atom. The summed E-state index contributed by atoms with van der Waals surface area (Å²) in [7, 11) is 0. The minimum atomic E-state index is -0.463. The van der Waals surface area contributed by atoms with Crippen LogP contribution in [0.25, 0.3) is 0 Å². The number of furan rings is 1. The van der Waals surface area contributed by atoms with Gasteiger partial charge in [-0.1, -0.05) is 0 Å². The lowest BCUT2D eigenvalue weighted by atomic mass is 10.1. The van der Waals surface area contributed by atoms with E-state index in [0.717, 1.165) is 0 Å². The topological polar surface area (TPSA) is 92.8 Å². The van der Waals surface area contributed by atoms with E-state index in [9.17, 15) is 9.59 Å². The minimum absolute atomic E-state index is 0.0783. The van der Waals surface area contributed by atoms with Crippen molar-refractivity contribution in [2.75, 3.05) is 24.7 Å². The first-order valence-electron chi connectivity index (χ1n) is 7.81. The van der Waals surface area contributed by atoms with Crippen LogP contribution in [0.3, 0.4) is 0 Å². The van der Waals surface area contributed by atoms with Crippen LogP contribution in [0, 0.1) is 18.3 Å². The van der Waals surface area contributed by atoms with Gasteiger partial charge in [-0.05, 0) is 32.0 Å². The molecule has 25 heavy (non-hydrogen) atoms. The Kier molecular flexibility index (Phi) is 4.44. The summed E-state index contributed by atoms with van der Waals surface area (Å²) >= 11 is 0. The molecule has 1 amide bonds. The standard InChI is InChI=1S/C18H16N2O5/c1-3-23-18(22)12-4-5-16-15(8-12)20(6-7-24-16)17(21)14-9-13(10-19)25-11(14)2/h4-5,8-9H,3,6-7H2,1-2H3. The molecule has 0 N–H and O–H groups in total. The van der Waals surface area contributed by atoms with Gasteiger partial charge in [0.05, 0.1) is 30.0 Å². The molecule has 1 aromatic carbocycles. The fraction of sp³-hybridized carbons (Fsp3) is 0.278. The predicted octanol–water partition coefficient (Wildman–Crippen LogP) is 2.68. The third-order valence-electron chi connectivity index (χ3n) is 3.84. The normalized spacial score (nSPS) is 12.8. The van der Waals surface area contributed by atoms with Crippen molar-refractivity contribution in [1.82, 2.24) is 0 Å².